The molecule has 4 rings (SSSR count). The summed E-state index contributed by atoms with van der Waals surface area (Å²) in [5, 5.41) is 0.709. The number of fused-ring (bicyclic) bond motifs is 1. The Morgan fingerprint density at radius 2 is 1.63 bits per heavy atom. The molecule has 30 heavy (non-hydrogen) atoms. The molecule has 0 saturated heterocycles. The number of imidazole rings is 1. The third kappa shape index (κ3) is 4.77. The Balaban J connectivity index is 1.51. The van der Waals surface area contributed by atoms with Crippen molar-refractivity contribution < 1.29 is 9.47 Å². The minimum absolute atomic E-state index is 0.114. The molecule has 5 heteroatoms. The number of ether oxygens (including phenoxy) is 2. The maximum atomic E-state index is 6.28. The summed E-state index contributed by atoms with van der Waals surface area (Å²) < 4.78 is 14.4. The maximum absolute atomic E-state index is 6.28. The van der Waals surface area contributed by atoms with Crippen LogP contribution in [0.5, 0.6) is 11.5 Å². The van der Waals surface area contributed by atoms with Gasteiger partial charge in [-0.25, -0.2) is 4.98 Å². The topological polar surface area (TPSA) is 36.3 Å². The highest BCUT2D eigenvalue weighted by Crippen LogP contribution is 2.28. The summed E-state index contributed by atoms with van der Waals surface area (Å²) in [6.45, 7) is 3.54. The third-order valence-electron chi connectivity index (χ3n) is 4.97. The van der Waals surface area contributed by atoms with Gasteiger partial charge >= 0.3 is 0 Å². The van der Waals surface area contributed by atoms with Gasteiger partial charge in [-0.2, -0.15) is 0 Å². The first kappa shape index (κ1) is 20.3. The van der Waals surface area contributed by atoms with Gasteiger partial charge in [-0.15, -0.1) is 0 Å². The summed E-state index contributed by atoms with van der Waals surface area (Å²) in [6.07, 6.45) is 1.58. The number of para-hydroxylation sites is 3. The second-order valence-corrected chi connectivity index (χ2v) is 7.53. The Bertz CT molecular complexity index is 1080. The van der Waals surface area contributed by atoms with Gasteiger partial charge in [0.25, 0.3) is 0 Å². The predicted molar refractivity (Wildman–Crippen MR) is 121 cm³/mol. The van der Waals surface area contributed by atoms with Gasteiger partial charge in [0.2, 0.25) is 0 Å². The van der Waals surface area contributed by atoms with Gasteiger partial charge < -0.3 is 14.0 Å². The second-order valence-electron chi connectivity index (χ2n) is 7.09. The smallest absolute Gasteiger partial charge is 0.156 e. The Morgan fingerprint density at radius 3 is 2.40 bits per heavy atom. The number of aromatic nitrogens is 2. The summed E-state index contributed by atoms with van der Waals surface area (Å²) >= 11 is 5.94. The fourth-order valence-electron chi connectivity index (χ4n) is 3.50. The summed E-state index contributed by atoms with van der Waals surface area (Å²) in [7, 11) is 0. The van der Waals surface area contributed by atoms with Crippen LogP contribution in [-0.2, 0) is 6.54 Å². The molecule has 0 aliphatic rings. The van der Waals surface area contributed by atoms with Gasteiger partial charge in [0.1, 0.15) is 11.5 Å². The summed E-state index contributed by atoms with van der Waals surface area (Å²) in [4.78, 5) is 4.91. The minimum atomic E-state index is -0.114. The number of hydrogen-bond donors (Lipinski definition) is 0. The number of nitrogens with zero attached hydrogens (tertiary/aromatic N) is 2. The molecule has 1 atom stereocenters. The van der Waals surface area contributed by atoms with Crippen molar-refractivity contribution in [3.05, 3.63) is 89.7 Å². The standard InChI is InChI=1S/C25H25ClN2O2/c1-2-24(30-21-9-4-3-5-10-21)25-27-22-11-6-7-12-23(22)28(25)17-8-18-29-20-15-13-19(26)14-16-20/h3-7,9-16,24H,2,8,17-18H2,1H3. The molecule has 1 unspecified atom stereocenters. The van der Waals surface area contributed by atoms with Gasteiger partial charge in [-0.1, -0.05) is 48.9 Å². The van der Waals surface area contributed by atoms with E-state index in [0.717, 1.165) is 47.7 Å². The first-order valence-corrected chi connectivity index (χ1v) is 10.7. The lowest BCUT2D eigenvalue weighted by Gasteiger charge is -2.19. The molecule has 0 spiro atoms. The molecule has 0 radical (unpaired) electrons. The Hall–Kier alpha value is -2.98. The molecular weight excluding hydrogens is 396 g/mol. The molecule has 0 bridgehead atoms. The molecule has 0 aliphatic carbocycles. The number of benzene rings is 3. The average molecular weight is 421 g/mol. The van der Waals surface area contributed by atoms with E-state index < -0.39 is 0 Å². The average Bonchev–Trinajstić information content (AvgIpc) is 3.15. The Kier molecular flexibility index (Phi) is 6.55. The van der Waals surface area contributed by atoms with Gasteiger partial charge in [-0.05, 0) is 61.4 Å². The zero-order valence-electron chi connectivity index (χ0n) is 17.0. The molecule has 0 aliphatic heterocycles. The van der Waals surface area contributed by atoms with Gasteiger partial charge in [0.15, 0.2) is 11.9 Å². The van der Waals surface area contributed by atoms with E-state index in [1.807, 2.05) is 66.7 Å². The lowest BCUT2D eigenvalue weighted by Crippen LogP contribution is -2.15. The molecule has 4 nitrogen and oxygen atoms in total. The van der Waals surface area contributed by atoms with Crippen LogP contribution in [0.4, 0.5) is 0 Å². The van der Waals surface area contributed by atoms with Crippen LogP contribution in [0.25, 0.3) is 11.0 Å². The monoisotopic (exact) mass is 420 g/mol. The Labute approximate surface area is 182 Å². The molecule has 0 amide bonds. The highest BCUT2D eigenvalue weighted by atomic mass is 35.5. The maximum Gasteiger partial charge on any atom is 0.156 e. The van der Waals surface area contributed by atoms with Crippen LogP contribution in [0.15, 0.2) is 78.9 Å². The van der Waals surface area contributed by atoms with Crippen molar-refractivity contribution >= 4 is 22.6 Å². The molecular formula is C25H25ClN2O2. The van der Waals surface area contributed by atoms with Crippen molar-refractivity contribution in [3.8, 4) is 11.5 Å². The Morgan fingerprint density at radius 1 is 0.900 bits per heavy atom. The van der Waals surface area contributed by atoms with E-state index in [2.05, 4.69) is 23.6 Å². The summed E-state index contributed by atoms with van der Waals surface area (Å²) in [6, 6.07) is 25.6. The zero-order chi connectivity index (χ0) is 20.8. The minimum Gasteiger partial charge on any atom is -0.494 e. The zero-order valence-corrected chi connectivity index (χ0v) is 17.8. The van der Waals surface area contributed by atoms with Crippen LogP contribution in [0.2, 0.25) is 5.02 Å². The third-order valence-corrected chi connectivity index (χ3v) is 5.22. The van der Waals surface area contributed by atoms with Crippen molar-refractivity contribution in [2.45, 2.75) is 32.4 Å². The van der Waals surface area contributed by atoms with Crippen LogP contribution in [0, 0.1) is 0 Å². The van der Waals surface area contributed by atoms with E-state index in [9.17, 15) is 0 Å². The van der Waals surface area contributed by atoms with Gasteiger partial charge in [0, 0.05) is 11.6 Å². The quantitative estimate of drug-likeness (QED) is 0.283. The van der Waals surface area contributed by atoms with Crippen LogP contribution >= 0.6 is 11.6 Å². The van der Waals surface area contributed by atoms with E-state index in [-0.39, 0.29) is 6.10 Å². The fraction of sp³-hybridized carbons (Fsp3) is 0.240. The first-order chi connectivity index (χ1) is 14.7. The fourth-order valence-corrected chi connectivity index (χ4v) is 3.63. The molecule has 4 aromatic rings. The normalized spacial score (nSPS) is 12.1. The predicted octanol–water partition coefficient (Wildman–Crippen LogP) is 6.69. The SMILES string of the molecule is CCC(Oc1ccccc1)c1nc2ccccc2n1CCCOc1ccc(Cl)cc1. The highest BCUT2D eigenvalue weighted by molar-refractivity contribution is 6.30. The van der Waals surface area contributed by atoms with E-state index >= 15 is 0 Å². The first-order valence-electron chi connectivity index (χ1n) is 10.3. The summed E-state index contributed by atoms with van der Waals surface area (Å²) in [5.74, 6) is 2.64. The largest absolute Gasteiger partial charge is 0.494 e. The van der Waals surface area contributed by atoms with Crippen molar-refractivity contribution in [1.29, 1.82) is 0 Å². The number of aryl methyl sites for hydroxylation is 1. The van der Waals surface area contributed by atoms with Crippen molar-refractivity contribution in [1.82, 2.24) is 9.55 Å². The van der Waals surface area contributed by atoms with E-state index in [1.165, 1.54) is 0 Å². The van der Waals surface area contributed by atoms with Gasteiger partial charge in [0.05, 0.1) is 17.6 Å². The lowest BCUT2D eigenvalue weighted by molar-refractivity contribution is 0.185. The van der Waals surface area contributed by atoms with Crippen LogP contribution < -0.4 is 9.47 Å². The number of rotatable bonds is 9. The lowest BCUT2D eigenvalue weighted by atomic mass is 10.2. The molecule has 3 aromatic carbocycles. The molecule has 1 aromatic heterocycles. The van der Waals surface area contributed by atoms with E-state index in [4.69, 9.17) is 26.1 Å². The highest BCUT2D eigenvalue weighted by Gasteiger charge is 2.20. The number of halogens is 1. The second kappa shape index (κ2) is 9.68. The molecule has 154 valence electrons. The van der Waals surface area contributed by atoms with Crippen LogP contribution in [0.3, 0.4) is 0 Å². The summed E-state index contributed by atoms with van der Waals surface area (Å²) in [5.41, 5.74) is 2.11. The van der Waals surface area contributed by atoms with Gasteiger partial charge in [-0.3, -0.25) is 0 Å². The van der Waals surface area contributed by atoms with E-state index in [1.54, 1.807) is 0 Å². The molecule has 0 N–H and O–H groups in total. The molecule has 1 heterocycles. The van der Waals surface area contributed by atoms with Crippen LogP contribution in [0.1, 0.15) is 31.7 Å². The molecule has 0 saturated carbocycles. The number of hydrogen-bond acceptors (Lipinski definition) is 3. The van der Waals surface area contributed by atoms with Crippen molar-refractivity contribution in [2.75, 3.05) is 6.61 Å². The van der Waals surface area contributed by atoms with Crippen molar-refractivity contribution in [3.63, 3.8) is 0 Å². The van der Waals surface area contributed by atoms with E-state index in [0.29, 0.717) is 11.6 Å². The van der Waals surface area contributed by atoms with Crippen LogP contribution in [-0.4, -0.2) is 16.2 Å². The molecule has 0 fully saturated rings. The van der Waals surface area contributed by atoms with Crippen molar-refractivity contribution in [2.24, 2.45) is 0 Å².